The summed E-state index contributed by atoms with van der Waals surface area (Å²) in [7, 11) is 0. The van der Waals surface area contributed by atoms with Gasteiger partial charge in [-0.1, -0.05) is 18.2 Å². The first kappa shape index (κ1) is 16.9. The minimum atomic E-state index is -0.234. The molecule has 0 saturated carbocycles. The molecule has 1 unspecified atom stereocenters. The Morgan fingerprint density at radius 1 is 1.24 bits per heavy atom. The minimum Gasteiger partial charge on any atom is -0.348 e. The predicted octanol–water partition coefficient (Wildman–Crippen LogP) is 2.54. The number of amides is 2. The van der Waals surface area contributed by atoms with Gasteiger partial charge in [-0.2, -0.15) is 0 Å². The molecule has 2 aromatic heterocycles. The van der Waals surface area contributed by atoms with Gasteiger partial charge in [-0.15, -0.1) is 11.3 Å². The van der Waals surface area contributed by atoms with E-state index in [0.717, 1.165) is 11.3 Å². The number of imidazole rings is 1. The molecule has 25 heavy (non-hydrogen) atoms. The molecule has 0 aliphatic heterocycles. The van der Waals surface area contributed by atoms with E-state index in [4.69, 9.17) is 0 Å². The Morgan fingerprint density at radius 2 is 2.04 bits per heavy atom. The zero-order chi connectivity index (χ0) is 17.6. The number of carbonyl (C=O) groups is 2. The molecule has 0 fully saturated rings. The molecule has 2 amide bonds. The summed E-state index contributed by atoms with van der Waals surface area (Å²) in [5.74, 6) is -0.460. The number of nitrogens with one attached hydrogen (secondary N) is 2. The molecule has 3 rings (SSSR count). The summed E-state index contributed by atoms with van der Waals surface area (Å²) in [5.41, 5.74) is 1.99. The van der Waals surface area contributed by atoms with E-state index in [1.54, 1.807) is 24.7 Å². The van der Waals surface area contributed by atoms with Gasteiger partial charge in [-0.25, -0.2) is 4.98 Å². The van der Waals surface area contributed by atoms with Gasteiger partial charge in [0.05, 0.1) is 23.8 Å². The van der Waals surface area contributed by atoms with Gasteiger partial charge in [0.15, 0.2) is 0 Å². The number of nitrogens with zero attached hydrogens (tertiary/aromatic N) is 2. The maximum Gasteiger partial charge on any atom is 0.261 e. The molecule has 1 atom stereocenters. The molecular weight excluding hydrogens is 336 g/mol. The first-order chi connectivity index (χ1) is 12.1. The third-order valence-corrected chi connectivity index (χ3v) is 4.60. The number of rotatable bonds is 6. The summed E-state index contributed by atoms with van der Waals surface area (Å²) in [5, 5.41) is 7.32. The summed E-state index contributed by atoms with van der Waals surface area (Å²) in [6.07, 6.45) is 5.33. The van der Waals surface area contributed by atoms with Crippen LogP contribution < -0.4 is 10.6 Å². The Labute approximate surface area is 149 Å². The molecule has 0 aliphatic carbocycles. The molecule has 128 valence electrons. The third-order valence-electron chi connectivity index (χ3n) is 3.73. The number of carbonyl (C=O) groups excluding carboxylic acids is 2. The number of hydrogen-bond acceptors (Lipinski definition) is 4. The van der Waals surface area contributed by atoms with E-state index in [1.165, 1.54) is 11.3 Å². The number of benzene rings is 1. The van der Waals surface area contributed by atoms with E-state index in [-0.39, 0.29) is 24.4 Å². The van der Waals surface area contributed by atoms with Crippen molar-refractivity contribution in [3.8, 4) is 5.69 Å². The highest BCUT2D eigenvalue weighted by atomic mass is 32.1. The highest BCUT2D eigenvalue weighted by Gasteiger charge is 2.12. The van der Waals surface area contributed by atoms with Crippen LogP contribution in [-0.2, 0) is 4.79 Å². The van der Waals surface area contributed by atoms with Crippen LogP contribution in [0.25, 0.3) is 5.69 Å². The largest absolute Gasteiger partial charge is 0.348 e. The van der Waals surface area contributed by atoms with Gasteiger partial charge in [-0.3, -0.25) is 9.59 Å². The van der Waals surface area contributed by atoms with Crippen LogP contribution in [-0.4, -0.2) is 27.9 Å². The van der Waals surface area contributed by atoms with Gasteiger partial charge in [0, 0.05) is 18.1 Å². The van der Waals surface area contributed by atoms with E-state index in [0.29, 0.717) is 4.88 Å². The van der Waals surface area contributed by atoms with Gasteiger partial charge in [0.1, 0.15) is 0 Å². The lowest BCUT2D eigenvalue weighted by Gasteiger charge is -2.15. The van der Waals surface area contributed by atoms with Crippen molar-refractivity contribution in [2.75, 3.05) is 6.54 Å². The smallest absolute Gasteiger partial charge is 0.261 e. The summed E-state index contributed by atoms with van der Waals surface area (Å²) < 4.78 is 1.91. The fourth-order valence-corrected chi connectivity index (χ4v) is 3.02. The lowest BCUT2D eigenvalue weighted by Crippen LogP contribution is -2.37. The van der Waals surface area contributed by atoms with Crippen LogP contribution in [0.1, 0.15) is 28.2 Å². The van der Waals surface area contributed by atoms with E-state index < -0.39 is 0 Å². The second kappa shape index (κ2) is 7.76. The lowest BCUT2D eigenvalue weighted by atomic mass is 10.1. The molecule has 3 aromatic rings. The first-order valence-corrected chi connectivity index (χ1v) is 8.71. The second-order valence-electron chi connectivity index (χ2n) is 5.51. The van der Waals surface area contributed by atoms with Crippen molar-refractivity contribution in [2.45, 2.75) is 13.0 Å². The molecule has 0 saturated heterocycles. The molecule has 0 spiro atoms. The number of thiophene rings is 1. The van der Waals surface area contributed by atoms with Crippen molar-refractivity contribution in [1.29, 1.82) is 0 Å². The lowest BCUT2D eigenvalue weighted by molar-refractivity contribution is -0.120. The van der Waals surface area contributed by atoms with Crippen molar-refractivity contribution < 1.29 is 9.59 Å². The molecular formula is C18H18N4O2S. The standard InChI is InChI=1S/C18H18N4O2S/c1-13(14-4-6-15(7-5-14)22-9-8-19-12-22)21-17(23)11-20-18(24)16-3-2-10-25-16/h2-10,12-13H,11H2,1H3,(H,20,24)(H,21,23). The van der Waals surface area contributed by atoms with Gasteiger partial charge in [0.2, 0.25) is 5.91 Å². The average Bonchev–Trinajstić information content (AvgIpc) is 3.33. The van der Waals surface area contributed by atoms with Crippen molar-refractivity contribution >= 4 is 23.2 Å². The van der Waals surface area contributed by atoms with Crippen LogP contribution in [0.4, 0.5) is 0 Å². The van der Waals surface area contributed by atoms with Crippen molar-refractivity contribution in [3.05, 3.63) is 70.9 Å². The maximum absolute atomic E-state index is 12.0. The average molecular weight is 354 g/mol. The molecule has 0 bridgehead atoms. The monoisotopic (exact) mass is 354 g/mol. The summed E-state index contributed by atoms with van der Waals surface area (Å²) in [6.45, 7) is 1.86. The Hall–Kier alpha value is -2.93. The zero-order valence-electron chi connectivity index (χ0n) is 13.7. The maximum atomic E-state index is 12.0. The van der Waals surface area contributed by atoms with E-state index in [9.17, 15) is 9.59 Å². The van der Waals surface area contributed by atoms with Crippen LogP contribution in [0.2, 0.25) is 0 Å². The molecule has 0 radical (unpaired) electrons. The van der Waals surface area contributed by atoms with E-state index in [2.05, 4.69) is 15.6 Å². The Kier molecular flexibility index (Phi) is 5.25. The van der Waals surface area contributed by atoms with Crippen LogP contribution >= 0.6 is 11.3 Å². The van der Waals surface area contributed by atoms with Crippen molar-refractivity contribution in [3.63, 3.8) is 0 Å². The SMILES string of the molecule is CC(NC(=O)CNC(=O)c1cccs1)c1ccc(-n2ccnc2)cc1. The fourth-order valence-electron chi connectivity index (χ4n) is 2.38. The third kappa shape index (κ3) is 4.33. The molecule has 2 heterocycles. The quantitative estimate of drug-likeness (QED) is 0.714. The Morgan fingerprint density at radius 3 is 2.68 bits per heavy atom. The van der Waals surface area contributed by atoms with Gasteiger partial charge in [-0.05, 0) is 36.1 Å². The zero-order valence-corrected chi connectivity index (χ0v) is 14.5. The fraction of sp³-hybridized carbons (Fsp3) is 0.167. The van der Waals surface area contributed by atoms with Gasteiger partial charge < -0.3 is 15.2 Å². The molecule has 1 aromatic carbocycles. The van der Waals surface area contributed by atoms with Gasteiger partial charge in [0.25, 0.3) is 5.91 Å². The molecule has 2 N–H and O–H groups in total. The molecule has 7 heteroatoms. The minimum absolute atomic E-state index is 0.0474. The summed E-state index contributed by atoms with van der Waals surface area (Å²) in [4.78, 5) is 28.5. The first-order valence-electron chi connectivity index (χ1n) is 7.83. The van der Waals surface area contributed by atoms with E-state index in [1.807, 2.05) is 47.3 Å². The van der Waals surface area contributed by atoms with Crippen LogP contribution in [0.5, 0.6) is 0 Å². The second-order valence-corrected chi connectivity index (χ2v) is 6.46. The van der Waals surface area contributed by atoms with Gasteiger partial charge >= 0.3 is 0 Å². The highest BCUT2D eigenvalue weighted by molar-refractivity contribution is 7.12. The van der Waals surface area contributed by atoms with Crippen LogP contribution in [0.3, 0.4) is 0 Å². The van der Waals surface area contributed by atoms with Crippen LogP contribution in [0, 0.1) is 0 Å². The van der Waals surface area contributed by atoms with Crippen LogP contribution in [0.15, 0.2) is 60.5 Å². The topological polar surface area (TPSA) is 76.0 Å². The number of hydrogen-bond donors (Lipinski definition) is 2. The molecule has 6 nitrogen and oxygen atoms in total. The highest BCUT2D eigenvalue weighted by Crippen LogP contribution is 2.15. The van der Waals surface area contributed by atoms with E-state index >= 15 is 0 Å². The normalized spacial score (nSPS) is 11.7. The Bertz CT molecular complexity index is 827. The summed E-state index contributed by atoms with van der Waals surface area (Å²) in [6, 6.07) is 11.2. The van der Waals surface area contributed by atoms with Crippen molar-refractivity contribution in [1.82, 2.24) is 20.2 Å². The summed E-state index contributed by atoms with van der Waals surface area (Å²) >= 11 is 1.34. The molecule has 0 aliphatic rings. The number of aromatic nitrogens is 2. The Balaban J connectivity index is 1.52. The predicted molar refractivity (Wildman–Crippen MR) is 96.8 cm³/mol. The van der Waals surface area contributed by atoms with Crippen molar-refractivity contribution in [2.24, 2.45) is 0 Å².